The van der Waals surface area contributed by atoms with E-state index in [2.05, 4.69) is 5.32 Å². The zero-order valence-electron chi connectivity index (χ0n) is 15.8. The maximum atomic E-state index is 12.8. The number of carbonyl (C=O) groups excluding carboxylic acids is 1. The Balaban J connectivity index is 1.67. The van der Waals surface area contributed by atoms with Gasteiger partial charge in [-0.25, -0.2) is 8.42 Å². The first-order valence-electron chi connectivity index (χ1n) is 9.30. The summed E-state index contributed by atoms with van der Waals surface area (Å²) in [6, 6.07) is 16.4. The molecular formula is C21H26N2O3S. The first kappa shape index (κ1) is 19.6. The fraction of sp³-hybridized carbons (Fsp3) is 0.381. The van der Waals surface area contributed by atoms with Gasteiger partial charge in [0, 0.05) is 13.1 Å². The highest BCUT2D eigenvalue weighted by Crippen LogP contribution is 2.24. The van der Waals surface area contributed by atoms with E-state index < -0.39 is 10.0 Å². The molecule has 2 aromatic carbocycles. The van der Waals surface area contributed by atoms with Crippen molar-refractivity contribution < 1.29 is 13.2 Å². The summed E-state index contributed by atoms with van der Waals surface area (Å²) >= 11 is 0. The molecule has 2 atom stereocenters. The van der Waals surface area contributed by atoms with Crippen LogP contribution in [0.25, 0.3) is 0 Å². The molecule has 0 radical (unpaired) electrons. The molecule has 1 fully saturated rings. The van der Waals surface area contributed by atoms with Gasteiger partial charge in [0.2, 0.25) is 15.9 Å². The standard InChI is InChI=1S/C21H26N2O3S/c1-16-10-12-18(13-11-16)17(2)22-21(24)19-7-6-14-23(15-19)27(25,26)20-8-4-3-5-9-20/h3-5,8-13,17,19H,6-7,14-15H2,1-2H3,(H,22,24)/t17-,19-/m1/s1. The Morgan fingerprint density at radius 2 is 1.78 bits per heavy atom. The molecule has 0 spiro atoms. The average molecular weight is 387 g/mol. The van der Waals surface area contributed by atoms with E-state index in [0.29, 0.717) is 19.4 Å². The predicted octanol–water partition coefficient (Wildman–Crippen LogP) is 3.27. The maximum Gasteiger partial charge on any atom is 0.243 e. The van der Waals surface area contributed by atoms with Crippen molar-refractivity contribution in [3.05, 3.63) is 65.7 Å². The van der Waals surface area contributed by atoms with E-state index in [1.165, 1.54) is 9.87 Å². The Morgan fingerprint density at radius 3 is 2.44 bits per heavy atom. The van der Waals surface area contributed by atoms with E-state index in [1.807, 2.05) is 38.1 Å². The molecule has 1 amide bonds. The number of hydrogen-bond donors (Lipinski definition) is 1. The minimum absolute atomic E-state index is 0.0870. The smallest absolute Gasteiger partial charge is 0.243 e. The second-order valence-corrected chi connectivity index (χ2v) is 9.09. The second kappa shape index (κ2) is 8.23. The Hall–Kier alpha value is -2.18. The quantitative estimate of drug-likeness (QED) is 0.858. The van der Waals surface area contributed by atoms with Gasteiger partial charge in [-0.05, 0) is 44.4 Å². The Kier molecular flexibility index (Phi) is 5.97. The lowest BCUT2D eigenvalue weighted by Crippen LogP contribution is -2.45. The van der Waals surface area contributed by atoms with Crippen LogP contribution in [-0.4, -0.2) is 31.7 Å². The largest absolute Gasteiger partial charge is 0.349 e. The number of piperidine rings is 1. The van der Waals surface area contributed by atoms with Crippen LogP contribution in [0, 0.1) is 12.8 Å². The Labute approximate surface area is 161 Å². The van der Waals surface area contributed by atoms with Crippen LogP contribution in [-0.2, 0) is 14.8 Å². The van der Waals surface area contributed by atoms with E-state index in [0.717, 1.165) is 5.56 Å². The molecule has 0 unspecified atom stereocenters. The second-order valence-electron chi connectivity index (χ2n) is 7.16. The third kappa shape index (κ3) is 4.57. The van der Waals surface area contributed by atoms with E-state index in [4.69, 9.17) is 0 Å². The third-order valence-corrected chi connectivity index (χ3v) is 6.95. The zero-order valence-corrected chi connectivity index (χ0v) is 16.6. The van der Waals surface area contributed by atoms with Crippen LogP contribution in [0.2, 0.25) is 0 Å². The van der Waals surface area contributed by atoms with Gasteiger partial charge in [-0.15, -0.1) is 0 Å². The number of nitrogens with one attached hydrogen (secondary N) is 1. The molecule has 0 saturated carbocycles. The fourth-order valence-electron chi connectivity index (χ4n) is 3.39. The summed E-state index contributed by atoms with van der Waals surface area (Å²) in [6.45, 7) is 4.65. The molecule has 144 valence electrons. The van der Waals surface area contributed by atoms with Crippen molar-refractivity contribution >= 4 is 15.9 Å². The maximum absolute atomic E-state index is 12.8. The Bertz CT molecular complexity index is 879. The lowest BCUT2D eigenvalue weighted by atomic mass is 9.97. The molecule has 1 saturated heterocycles. The number of aryl methyl sites for hydroxylation is 1. The first-order valence-corrected chi connectivity index (χ1v) is 10.7. The fourth-order valence-corrected chi connectivity index (χ4v) is 4.93. The minimum atomic E-state index is -3.56. The van der Waals surface area contributed by atoms with Gasteiger partial charge in [-0.3, -0.25) is 4.79 Å². The minimum Gasteiger partial charge on any atom is -0.349 e. The van der Waals surface area contributed by atoms with Crippen LogP contribution in [0.5, 0.6) is 0 Å². The van der Waals surface area contributed by atoms with E-state index >= 15 is 0 Å². The van der Waals surface area contributed by atoms with Crippen molar-refractivity contribution in [1.82, 2.24) is 9.62 Å². The van der Waals surface area contributed by atoms with Gasteiger partial charge in [-0.1, -0.05) is 48.0 Å². The normalized spacial score (nSPS) is 19.4. The molecule has 1 N–H and O–H groups in total. The van der Waals surface area contributed by atoms with Crippen LogP contribution in [0.4, 0.5) is 0 Å². The monoisotopic (exact) mass is 386 g/mol. The van der Waals surface area contributed by atoms with Gasteiger partial charge in [0.15, 0.2) is 0 Å². The van der Waals surface area contributed by atoms with Gasteiger partial charge in [0.1, 0.15) is 0 Å². The van der Waals surface area contributed by atoms with E-state index in [1.54, 1.807) is 30.3 Å². The van der Waals surface area contributed by atoms with E-state index in [9.17, 15) is 13.2 Å². The number of sulfonamides is 1. The number of benzene rings is 2. The highest BCUT2D eigenvalue weighted by molar-refractivity contribution is 7.89. The molecule has 0 aliphatic carbocycles. The average Bonchev–Trinajstić information content (AvgIpc) is 2.69. The first-order chi connectivity index (χ1) is 12.9. The summed E-state index contributed by atoms with van der Waals surface area (Å²) in [5.41, 5.74) is 2.21. The van der Waals surface area contributed by atoms with Crippen molar-refractivity contribution in [1.29, 1.82) is 0 Å². The van der Waals surface area contributed by atoms with Gasteiger partial charge in [0.05, 0.1) is 16.9 Å². The number of amides is 1. The molecule has 0 bridgehead atoms. The Morgan fingerprint density at radius 1 is 1.11 bits per heavy atom. The number of nitrogens with zero attached hydrogens (tertiary/aromatic N) is 1. The molecule has 6 heteroatoms. The van der Waals surface area contributed by atoms with Crippen molar-refractivity contribution in [2.75, 3.05) is 13.1 Å². The molecule has 27 heavy (non-hydrogen) atoms. The van der Waals surface area contributed by atoms with Crippen molar-refractivity contribution in [3.8, 4) is 0 Å². The molecular weight excluding hydrogens is 360 g/mol. The summed E-state index contributed by atoms with van der Waals surface area (Å²) in [5.74, 6) is -0.416. The lowest BCUT2D eigenvalue weighted by molar-refractivity contribution is -0.126. The topological polar surface area (TPSA) is 66.5 Å². The third-order valence-electron chi connectivity index (χ3n) is 5.07. The van der Waals surface area contributed by atoms with Crippen LogP contribution < -0.4 is 5.32 Å². The predicted molar refractivity (Wildman–Crippen MR) is 106 cm³/mol. The number of hydrogen-bond acceptors (Lipinski definition) is 3. The highest BCUT2D eigenvalue weighted by Gasteiger charge is 2.33. The SMILES string of the molecule is Cc1ccc([C@@H](C)NC(=O)[C@@H]2CCCN(S(=O)(=O)c3ccccc3)C2)cc1. The van der Waals surface area contributed by atoms with Crippen LogP contribution in [0.1, 0.15) is 36.9 Å². The summed E-state index contributed by atoms with van der Waals surface area (Å²) in [5, 5.41) is 3.04. The molecule has 1 aliphatic rings. The van der Waals surface area contributed by atoms with Gasteiger partial charge >= 0.3 is 0 Å². The van der Waals surface area contributed by atoms with Crippen molar-refractivity contribution in [2.24, 2.45) is 5.92 Å². The van der Waals surface area contributed by atoms with Crippen molar-refractivity contribution in [3.63, 3.8) is 0 Å². The van der Waals surface area contributed by atoms with Crippen LogP contribution in [0.15, 0.2) is 59.5 Å². The molecule has 3 rings (SSSR count). The van der Waals surface area contributed by atoms with Gasteiger partial charge in [-0.2, -0.15) is 4.31 Å². The van der Waals surface area contributed by atoms with Crippen LogP contribution >= 0.6 is 0 Å². The van der Waals surface area contributed by atoms with Crippen LogP contribution in [0.3, 0.4) is 0 Å². The van der Waals surface area contributed by atoms with Gasteiger partial charge < -0.3 is 5.32 Å². The van der Waals surface area contributed by atoms with Crippen molar-refractivity contribution in [2.45, 2.75) is 37.6 Å². The molecule has 1 heterocycles. The molecule has 0 aromatic heterocycles. The number of carbonyl (C=O) groups is 1. The number of rotatable bonds is 5. The summed E-state index contributed by atoms with van der Waals surface area (Å²) in [6.07, 6.45) is 1.39. The van der Waals surface area contributed by atoms with Gasteiger partial charge in [0.25, 0.3) is 0 Å². The highest BCUT2D eigenvalue weighted by atomic mass is 32.2. The molecule has 5 nitrogen and oxygen atoms in total. The lowest BCUT2D eigenvalue weighted by Gasteiger charge is -2.32. The summed E-state index contributed by atoms with van der Waals surface area (Å²) in [7, 11) is -3.56. The molecule has 2 aromatic rings. The zero-order chi connectivity index (χ0) is 19.4. The molecule has 1 aliphatic heterocycles. The summed E-state index contributed by atoms with van der Waals surface area (Å²) in [4.78, 5) is 13.0. The van der Waals surface area contributed by atoms with E-state index in [-0.39, 0.29) is 29.3 Å². The summed E-state index contributed by atoms with van der Waals surface area (Å²) < 4.78 is 27.1.